The molecule has 2 saturated heterocycles. The molecule has 0 unspecified atom stereocenters. The minimum absolute atomic E-state index is 0.00819. The number of amides is 1. The van der Waals surface area contributed by atoms with Crippen LogP contribution >= 0.6 is 0 Å². The lowest BCUT2D eigenvalue weighted by molar-refractivity contribution is -0.136. The summed E-state index contributed by atoms with van der Waals surface area (Å²) in [4.78, 5) is 25.9. The molecule has 0 aliphatic carbocycles. The molecule has 25 heavy (non-hydrogen) atoms. The van der Waals surface area contributed by atoms with E-state index in [4.69, 9.17) is 4.52 Å². The van der Waals surface area contributed by atoms with Crippen molar-refractivity contribution in [3.63, 3.8) is 0 Å². The zero-order valence-electron chi connectivity index (χ0n) is 14.5. The highest BCUT2D eigenvalue weighted by atomic mass is 16.5. The van der Waals surface area contributed by atoms with E-state index in [0.717, 1.165) is 50.2 Å². The van der Waals surface area contributed by atoms with Gasteiger partial charge in [0.25, 0.3) is 0 Å². The van der Waals surface area contributed by atoms with Crippen LogP contribution in [-0.4, -0.2) is 45.6 Å². The molecule has 0 bridgehead atoms. The van der Waals surface area contributed by atoms with Crippen molar-refractivity contribution >= 4 is 11.9 Å². The molecule has 2 fully saturated rings. The van der Waals surface area contributed by atoms with Crippen LogP contribution < -0.4 is 4.90 Å². The number of piperidine rings is 1. The van der Waals surface area contributed by atoms with Gasteiger partial charge in [-0.25, -0.2) is 9.97 Å². The van der Waals surface area contributed by atoms with E-state index >= 15 is 0 Å². The number of likely N-dealkylation sites (tertiary alicyclic amines) is 1. The van der Waals surface area contributed by atoms with Crippen LogP contribution in [0.5, 0.6) is 0 Å². The SMILES string of the molecule is Cc1cc([C@@H]2CCCN2C(=O)[C@H]2CCCN(c3ncccn3)C2)no1. The molecule has 0 spiro atoms. The number of hydrogen-bond acceptors (Lipinski definition) is 6. The molecule has 2 atom stereocenters. The Balaban J connectivity index is 1.48. The fourth-order valence-corrected chi connectivity index (χ4v) is 3.93. The van der Waals surface area contributed by atoms with Crippen LogP contribution in [0.1, 0.15) is 43.2 Å². The lowest BCUT2D eigenvalue weighted by Gasteiger charge is -2.35. The van der Waals surface area contributed by atoms with Gasteiger partial charge in [-0.3, -0.25) is 4.79 Å². The van der Waals surface area contributed by atoms with Crippen molar-refractivity contribution in [1.82, 2.24) is 20.0 Å². The number of hydrogen-bond donors (Lipinski definition) is 0. The van der Waals surface area contributed by atoms with Crippen LogP contribution in [0.25, 0.3) is 0 Å². The van der Waals surface area contributed by atoms with E-state index in [1.165, 1.54) is 0 Å². The third-order valence-electron chi connectivity index (χ3n) is 5.13. The number of nitrogens with zero attached hydrogens (tertiary/aromatic N) is 5. The third-order valence-corrected chi connectivity index (χ3v) is 5.13. The minimum Gasteiger partial charge on any atom is -0.361 e. The number of carbonyl (C=O) groups excluding carboxylic acids is 1. The maximum absolute atomic E-state index is 13.2. The van der Waals surface area contributed by atoms with Gasteiger partial charge < -0.3 is 14.3 Å². The molecule has 132 valence electrons. The zero-order valence-corrected chi connectivity index (χ0v) is 14.5. The first kappa shape index (κ1) is 16.1. The molecule has 2 aliphatic heterocycles. The van der Waals surface area contributed by atoms with Gasteiger partial charge in [-0.15, -0.1) is 0 Å². The second-order valence-electron chi connectivity index (χ2n) is 6.89. The van der Waals surface area contributed by atoms with Crippen LogP contribution in [0.2, 0.25) is 0 Å². The third kappa shape index (κ3) is 3.23. The van der Waals surface area contributed by atoms with Gasteiger partial charge in [0.05, 0.1) is 12.0 Å². The standard InChI is InChI=1S/C18H23N5O2/c1-13-11-15(21-25-13)16-6-3-10-23(16)17(24)14-5-2-9-22(12-14)18-19-7-4-8-20-18/h4,7-8,11,14,16H,2-3,5-6,9-10,12H2,1H3/t14-,16-/m0/s1. The van der Waals surface area contributed by atoms with E-state index in [0.29, 0.717) is 12.5 Å². The molecule has 0 aromatic carbocycles. The Morgan fingerprint density at radius 3 is 2.76 bits per heavy atom. The molecule has 0 N–H and O–H groups in total. The van der Waals surface area contributed by atoms with E-state index in [-0.39, 0.29) is 17.9 Å². The lowest BCUT2D eigenvalue weighted by atomic mass is 9.96. The van der Waals surface area contributed by atoms with Crippen LogP contribution in [0, 0.1) is 12.8 Å². The summed E-state index contributed by atoms with van der Waals surface area (Å²) in [5.74, 6) is 1.72. The van der Waals surface area contributed by atoms with Crippen molar-refractivity contribution in [2.24, 2.45) is 5.92 Å². The lowest BCUT2D eigenvalue weighted by Crippen LogP contribution is -2.45. The summed E-state index contributed by atoms with van der Waals surface area (Å²) in [5, 5.41) is 4.14. The van der Waals surface area contributed by atoms with E-state index in [9.17, 15) is 4.79 Å². The highest BCUT2D eigenvalue weighted by molar-refractivity contribution is 5.80. The van der Waals surface area contributed by atoms with Gasteiger partial charge in [-0.05, 0) is 38.7 Å². The molecule has 0 radical (unpaired) electrons. The smallest absolute Gasteiger partial charge is 0.228 e. The Hall–Kier alpha value is -2.44. The van der Waals surface area contributed by atoms with Crippen molar-refractivity contribution in [2.45, 2.75) is 38.6 Å². The maximum atomic E-state index is 13.2. The average Bonchev–Trinajstić information content (AvgIpc) is 3.30. The van der Waals surface area contributed by atoms with Crippen molar-refractivity contribution in [1.29, 1.82) is 0 Å². The van der Waals surface area contributed by atoms with Gasteiger partial charge in [0.2, 0.25) is 11.9 Å². The van der Waals surface area contributed by atoms with Gasteiger partial charge in [0.15, 0.2) is 0 Å². The van der Waals surface area contributed by atoms with Crippen molar-refractivity contribution in [2.75, 3.05) is 24.5 Å². The Morgan fingerprint density at radius 1 is 1.20 bits per heavy atom. The molecule has 7 heteroatoms. The zero-order chi connectivity index (χ0) is 17.2. The maximum Gasteiger partial charge on any atom is 0.228 e. The summed E-state index contributed by atoms with van der Waals surface area (Å²) in [6.45, 7) is 4.27. The number of aromatic nitrogens is 3. The van der Waals surface area contributed by atoms with Crippen molar-refractivity contribution in [3.8, 4) is 0 Å². The molecule has 2 aromatic heterocycles. The van der Waals surface area contributed by atoms with E-state index in [1.807, 2.05) is 24.0 Å². The van der Waals surface area contributed by atoms with E-state index < -0.39 is 0 Å². The molecular formula is C18H23N5O2. The molecule has 0 saturated carbocycles. The quantitative estimate of drug-likeness (QED) is 0.853. The van der Waals surface area contributed by atoms with E-state index in [2.05, 4.69) is 20.0 Å². The fraction of sp³-hybridized carbons (Fsp3) is 0.556. The number of rotatable bonds is 3. The Morgan fingerprint density at radius 2 is 2.00 bits per heavy atom. The molecule has 1 amide bonds. The van der Waals surface area contributed by atoms with Gasteiger partial charge in [-0.2, -0.15) is 0 Å². The predicted molar refractivity (Wildman–Crippen MR) is 91.9 cm³/mol. The normalized spacial score (nSPS) is 23.9. The summed E-state index contributed by atoms with van der Waals surface area (Å²) in [5.41, 5.74) is 0.877. The summed E-state index contributed by atoms with van der Waals surface area (Å²) in [7, 11) is 0. The van der Waals surface area contributed by atoms with E-state index in [1.54, 1.807) is 12.4 Å². The monoisotopic (exact) mass is 341 g/mol. The molecule has 2 aliphatic rings. The van der Waals surface area contributed by atoms with Gasteiger partial charge in [-0.1, -0.05) is 5.16 Å². The number of aryl methyl sites for hydroxylation is 1. The van der Waals surface area contributed by atoms with Gasteiger partial charge in [0.1, 0.15) is 11.5 Å². The fourth-order valence-electron chi connectivity index (χ4n) is 3.93. The molecular weight excluding hydrogens is 318 g/mol. The predicted octanol–water partition coefficient (Wildman–Crippen LogP) is 2.35. The second kappa shape index (κ2) is 6.82. The van der Waals surface area contributed by atoms with Crippen molar-refractivity contribution in [3.05, 3.63) is 36.0 Å². The highest BCUT2D eigenvalue weighted by Gasteiger charge is 2.37. The van der Waals surface area contributed by atoms with Crippen molar-refractivity contribution < 1.29 is 9.32 Å². The number of anilines is 1. The summed E-state index contributed by atoms with van der Waals surface area (Å²) in [6, 6.07) is 3.81. The molecule has 4 heterocycles. The Labute approximate surface area is 147 Å². The van der Waals surface area contributed by atoms with Crippen LogP contribution in [0.3, 0.4) is 0 Å². The second-order valence-corrected chi connectivity index (χ2v) is 6.89. The van der Waals surface area contributed by atoms with Crippen LogP contribution in [0.15, 0.2) is 29.0 Å². The highest BCUT2D eigenvalue weighted by Crippen LogP contribution is 2.34. The first-order valence-electron chi connectivity index (χ1n) is 8.98. The average molecular weight is 341 g/mol. The van der Waals surface area contributed by atoms with Crippen LogP contribution in [0.4, 0.5) is 5.95 Å². The van der Waals surface area contributed by atoms with Gasteiger partial charge in [0, 0.05) is 38.1 Å². The summed E-state index contributed by atoms with van der Waals surface area (Å²) in [6.07, 6.45) is 7.37. The van der Waals surface area contributed by atoms with Gasteiger partial charge >= 0.3 is 0 Å². The molecule has 7 nitrogen and oxygen atoms in total. The first-order chi connectivity index (χ1) is 12.2. The largest absolute Gasteiger partial charge is 0.361 e. The molecule has 4 rings (SSSR count). The Bertz CT molecular complexity index is 732. The summed E-state index contributed by atoms with van der Waals surface area (Å²) >= 11 is 0. The topological polar surface area (TPSA) is 75.4 Å². The molecule has 2 aromatic rings. The van der Waals surface area contributed by atoms with Crippen LogP contribution in [-0.2, 0) is 4.79 Å². The summed E-state index contributed by atoms with van der Waals surface area (Å²) < 4.78 is 5.21. The first-order valence-corrected chi connectivity index (χ1v) is 8.98. The Kier molecular flexibility index (Phi) is 4.38. The minimum atomic E-state index is -0.00819. The number of carbonyl (C=O) groups is 1.